The zero-order valence-corrected chi connectivity index (χ0v) is 12.4. The molecule has 21 heavy (non-hydrogen) atoms. The number of methoxy groups -OCH3 is 2. The molecule has 0 amide bonds. The van der Waals surface area contributed by atoms with Gasteiger partial charge in [0.05, 0.1) is 25.9 Å². The highest BCUT2D eigenvalue weighted by Crippen LogP contribution is 2.33. The Morgan fingerprint density at radius 2 is 2.00 bits per heavy atom. The minimum atomic E-state index is -0.331. The summed E-state index contributed by atoms with van der Waals surface area (Å²) in [5, 5.41) is 9.37. The van der Waals surface area contributed by atoms with Crippen LogP contribution in [0, 0.1) is 11.3 Å². The quantitative estimate of drug-likeness (QED) is 0.799. The van der Waals surface area contributed by atoms with E-state index in [1.165, 1.54) is 7.11 Å². The van der Waals surface area contributed by atoms with Gasteiger partial charge in [0.15, 0.2) is 0 Å². The number of nitriles is 1. The molecule has 0 bridgehead atoms. The maximum atomic E-state index is 11.8. The van der Waals surface area contributed by atoms with Crippen LogP contribution < -0.4 is 9.64 Å². The van der Waals surface area contributed by atoms with Crippen LogP contribution in [-0.4, -0.2) is 26.2 Å². The average molecular weight is 286 g/mol. The average Bonchev–Trinajstić information content (AvgIpc) is 2.54. The largest absolute Gasteiger partial charge is 0.497 e. The lowest BCUT2D eigenvalue weighted by atomic mass is 9.96. The fourth-order valence-corrected chi connectivity index (χ4v) is 2.58. The highest BCUT2D eigenvalue weighted by molar-refractivity contribution is 5.90. The molecule has 0 spiro atoms. The molecule has 5 heteroatoms. The normalized spacial score (nSPS) is 18.2. The molecule has 1 aliphatic rings. The number of hydrogen-bond donors (Lipinski definition) is 0. The number of allylic oxidation sites excluding steroid dienone is 1. The molecule has 0 N–H and O–H groups in total. The van der Waals surface area contributed by atoms with Gasteiger partial charge in [0.2, 0.25) is 0 Å². The van der Waals surface area contributed by atoms with E-state index < -0.39 is 0 Å². The topological polar surface area (TPSA) is 62.6 Å². The third-order valence-electron chi connectivity index (χ3n) is 3.71. The smallest absolute Gasteiger partial charge is 0.335 e. The van der Waals surface area contributed by atoms with Crippen molar-refractivity contribution in [1.82, 2.24) is 0 Å². The molecular weight excluding hydrogens is 268 g/mol. The van der Waals surface area contributed by atoms with Gasteiger partial charge in [0, 0.05) is 11.4 Å². The number of esters is 1. The SMILES string of the molecule is COC(=O)C1=C(C)N(c2ccc(OC)cc2)C(C#N)CC1. The summed E-state index contributed by atoms with van der Waals surface area (Å²) in [6.07, 6.45) is 1.16. The molecule has 2 rings (SSSR count). The number of carbonyl (C=O) groups is 1. The standard InChI is InChI=1S/C16H18N2O3/c1-11-15(16(19)21-3)9-6-13(10-17)18(11)12-4-7-14(20-2)8-5-12/h4-5,7-8,13H,6,9H2,1-3H3. The second-order valence-electron chi connectivity index (χ2n) is 4.81. The van der Waals surface area contributed by atoms with E-state index in [4.69, 9.17) is 9.47 Å². The molecule has 0 saturated carbocycles. The Hall–Kier alpha value is -2.48. The van der Waals surface area contributed by atoms with E-state index in [9.17, 15) is 10.1 Å². The first-order valence-electron chi connectivity index (χ1n) is 6.73. The Morgan fingerprint density at radius 1 is 1.33 bits per heavy atom. The molecule has 110 valence electrons. The number of hydrogen-bond acceptors (Lipinski definition) is 5. The summed E-state index contributed by atoms with van der Waals surface area (Å²) in [6, 6.07) is 9.45. The first kappa shape index (κ1) is 14.9. The van der Waals surface area contributed by atoms with E-state index >= 15 is 0 Å². The Kier molecular flexibility index (Phi) is 4.49. The molecule has 0 aromatic heterocycles. The zero-order chi connectivity index (χ0) is 15.4. The number of rotatable bonds is 3. The molecule has 1 unspecified atom stereocenters. The lowest BCUT2D eigenvalue weighted by Gasteiger charge is -2.35. The number of ether oxygens (including phenoxy) is 2. The first-order chi connectivity index (χ1) is 10.1. The lowest BCUT2D eigenvalue weighted by molar-refractivity contribution is -0.136. The van der Waals surface area contributed by atoms with Gasteiger partial charge in [0.1, 0.15) is 11.8 Å². The van der Waals surface area contributed by atoms with Crippen LogP contribution in [0.4, 0.5) is 5.69 Å². The maximum Gasteiger partial charge on any atom is 0.335 e. The Bertz CT molecular complexity index is 599. The number of benzene rings is 1. The van der Waals surface area contributed by atoms with Gasteiger partial charge in [-0.2, -0.15) is 5.26 Å². The summed E-state index contributed by atoms with van der Waals surface area (Å²) in [6.45, 7) is 1.85. The van der Waals surface area contributed by atoms with E-state index in [1.807, 2.05) is 36.1 Å². The van der Waals surface area contributed by atoms with E-state index in [2.05, 4.69) is 6.07 Å². The molecule has 1 atom stereocenters. The fourth-order valence-electron chi connectivity index (χ4n) is 2.58. The molecule has 0 radical (unpaired) electrons. The number of anilines is 1. The fraction of sp³-hybridized carbons (Fsp3) is 0.375. The molecule has 1 heterocycles. The van der Waals surface area contributed by atoms with Gasteiger partial charge in [0.25, 0.3) is 0 Å². The van der Waals surface area contributed by atoms with E-state index in [0.717, 1.165) is 17.1 Å². The van der Waals surface area contributed by atoms with Crippen molar-refractivity contribution in [3.05, 3.63) is 35.5 Å². The molecule has 1 aliphatic heterocycles. The van der Waals surface area contributed by atoms with Crippen LogP contribution in [0.2, 0.25) is 0 Å². The Labute approximate surface area is 124 Å². The van der Waals surface area contributed by atoms with Crippen molar-refractivity contribution < 1.29 is 14.3 Å². The molecule has 0 saturated heterocycles. The van der Waals surface area contributed by atoms with E-state index in [0.29, 0.717) is 18.4 Å². The molecule has 1 aromatic carbocycles. The lowest BCUT2D eigenvalue weighted by Crippen LogP contribution is -2.38. The number of carbonyl (C=O) groups excluding carboxylic acids is 1. The summed E-state index contributed by atoms with van der Waals surface area (Å²) in [7, 11) is 2.98. The van der Waals surface area contributed by atoms with Crippen LogP contribution in [0.3, 0.4) is 0 Å². The Balaban J connectivity index is 2.44. The third-order valence-corrected chi connectivity index (χ3v) is 3.71. The van der Waals surface area contributed by atoms with Gasteiger partial charge < -0.3 is 14.4 Å². The molecule has 1 aromatic rings. The van der Waals surface area contributed by atoms with Crippen molar-refractivity contribution in [2.24, 2.45) is 0 Å². The summed E-state index contributed by atoms with van der Waals surface area (Å²) in [4.78, 5) is 13.7. The predicted octanol–water partition coefficient (Wildman–Crippen LogP) is 2.63. The van der Waals surface area contributed by atoms with Crippen LogP contribution in [0.25, 0.3) is 0 Å². The molecule has 0 aliphatic carbocycles. The van der Waals surface area contributed by atoms with Gasteiger partial charge in [-0.1, -0.05) is 0 Å². The monoisotopic (exact) mass is 286 g/mol. The van der Waals surface area contributed by atoms with Crippen molar-refractivity contribution in [2.75, 3.05) is 19.1 Å². The van der Waals surface area contributed by atoms with Gasteiger partial charge >= 0.3 is 5.97 Å². The van der Waals surface area contributed by atoms with E-state index in [-0.39, 0.29) is 12.0 Å². The predicted molar refractivity (Wildman–Crippen MR) is 78.8 cm³/mol. The van der Waals surface area contributed by atoms with Crippen LogP contribution >= 0.6 is 0 Å². The first-order valence-corrected chi connectivity index (χ1v) is 6.73. The van der Waals surface area contributed by atoms with Gasteiger partial charge in [-0.3, -0.25) is 0 Å². The minimum Gasteiger partial charge on any atom is -0.497 e. The van der Waals surface area contributed by atoms with Gasteiger partial charge in [-0.15, -0.1) is 0 Å². The number of nitrogens with zero attached hydrogens (tertiary/aromatic N) is 2. The highest BCUT2D eigenvalue weighted by atomic mass is 16.5. The van der Waals surface area contributed by atoms with Crippen molar-refractivity contribution in [3.63, 3.8) is 0 Å². The van der Waals surface area contributed by atoms with Crippen LogP contribution in [0.15, 0.2) is 35.5 Å². The van der Waals surface area contributed by atoms with Gasteiger partial charge in [-0.25, -0.2) is 4.79 Å². The highest BCUT2D eigenvalue weighted by Gasteiger charge is 2.30. The summed E-state index contributed by atoms with van der Waals surface area (Å²) >= 11 is 0. The zero-order valence-electron chi connectivity index (χ0n) is 12.4. The third kappa shape index (κ3) is 2.84. The van der Waals surface area contributed by atoms with E-state index in [1.54, 1.807) is 7.11 Å². The van der Waals surface area contributed by atoms with Crippen LogP contribution in [0.1, 0.15) is 19.8 Å². The maximum absolute atomic E-state index is 11.8. The van der Waals surface area contributed by atoms with Crippen LogP contribution in [0.5, 0.6) is 5.75 Å². The second kappa shape index (κ2) is 6.31. The van der Waals surface area contributed by atoms with Crippen molar-refractivity contribution in [3.8, 4) is 11.8 Å². The van der Waals surface area contributed by atoms with Crippen molar-refractivity contribution in [2.45, 2.75) is 25.8 Å². The minimum absolute atomic E-state index is 0.285. The van der Waals surface area contributed by atoms with Crippen molar-refractivity contribution in [1.29, 1.82) is 5.26 Å². The Morgan fingerprint density at radius 3 is 2.52 bits per heavy atom. The summed E-state index contributed by atoms with van der Waals surface area (Å²) < 4.78 is 9.97. The molecule has 0 fully saturated rings. The van der Waals surface area contributed by atoms with Crippen molar-refractivity contribution >= 4 is 11.7 Å². The van der Waals surface area contributed by atoms with Gasteiger partial charge in [-0.05, 0) is 44.0 Å². The summed E-state index contributed by atoms with van der Waals surface area (Å²) in [5.74, 6) is 0.418. The second-order valence-corrected chi connectivity index (χ2v) is 4.81. The molecular formula is C16H18N2O3. The summed E-state index contributed by atoms with van der Waals surface area (Å²) in [5.41, 5.74) is 2.26. The molecule has 5 nitrogen and oxygen atoms in total. The van der Waals surface area contributed by atoms with Crippen LogP contribution in [-0.2, 0) is 9.53 Å².